The zero-order valence-corrected chi connectivity index (χ0v) is 27.9. The first-order chi connectivity index (χ1) is 20.9. The number of allylic oxidation sites excluding steroid dienone is 4. The maximum atomic E-state index is 13.5. The molecule has 4 rings (SSSR count). The van der Waals surface area contributed by atoms with Crippen LogP contribution in [0.25, 0.3) is 0 Å². The molecule has 1 heterocycles. The van der Waals surface area contributed by atoms with Crippen LogP contribution in [0.1, 0.15) is 84.3 Å². The Morgan fingerprint density at radius 2 is 1.89 bits per heavy atom. The molecule has 0 fully saturated rings. The first kappa shape index (κ1) is 33.1. The molecule has 0 amide bonds. The van der Waals surface area contributed by atoms with Crippen molar-refractivity contribution in [3.63, 3.8) is 0 Å². The van der Waals surface area contributed by atoms with Crippen LogP contribution in [-0.2, 0) is 20.9 Å². The average Bonchev–Trinajstić information content (AvgIpc) is 2.94. The molecule has 2 aromatic rings. The molecule has 0 spiro atoms. The second kappa shape index (κ2) is 14.3. The zero-order valence-electron chi connectivity index (χ0n) is 26.3. The van der Waals surface area contributed by atoms with Crippen molar-refractivity contribution in [3.8, 4) is 23.3 Å². The second-order valence-corrected chi connectivity index (χ2v) is 13.0. The fraction of sp³-hybridized carbons (Fsp3) is 0.457. The predicted octanol–water partition coefficient (Wildman–Crippen LogP) is 7.66. The van der Waals surface area contributed by atoms with Crippen LogP contribution in [0.2, 0.25) is 0 Å². The number of ether oxygens (including phenoxy) is 4. The Labute approximate surface area is 268 Å². The van der Waals surface area contributed by atoms with Crippen LogP contribution < -0.4 is 19.5 Å². The second-order valence-electron chi connectivity index (χ2n) is 12.2. The van der Waals surface area contributed by atoms with Crippen LogP contribution >= 0.6 is 15.9 Å². The van der Waals surface area contributed by atoms with E-state index in [-0.39, 0.29) is 19.0 Å². The summed E-state index contributed by atoms with van der Waals surface area (Å²) >= 11 is 3.68. The highest BCUT2D eigenvalue weighted by Gasteiger charge is 2.39. The molecule has 1 aliphatic heterocycles. The number of nitrogens with one attached hydrogen (secondary N) is 1. The van der Waals surface area contributed by atoms with Crippen LogP contribution in [0, 0.1) is 17.2 Å². The lowest BCUT2D eigenvalue weighted by Crippen LogP contribution is -2.34. The molecule has 234 valence electrons. The Kier molecular flexibility index (Phi) is 10.8. The van der Waals surface area contributed by atoms with Crippen molar-refractivity contribution in [2.24, 2.45) is 5.92 Å². The van der Waals surface area contributed by atoms with E-state index >= 15 is 0 Å². The minimum atomic E-state index is -0.584. The molecule has 1 aliphatic carbocycles. The molecule has 9 heteroatoms. The quantitative estimate of drug-likeness (QED) is 0.244. The van der Waals surface area contributed by atoms with Gasteiger partial charge in [-0.05, 0) is 105 Å². The van der Waals surface area contributed by atoms with E-state index in [1.807, 2.05) is 65.0 Å². The Hall–Kier alpha value is -3.77. The van der Waals surface area contributed by atoms with Crippen LogP contribution in [0.3, 0.4) is 0 Å². The summed E-state index contributed by atoms with van der Waals surface area (Å²) in [6.45, 7) is 11.8. The van der Waals surface area contributed by atoms with Gasteiger partial charge in [0.15, 0.2) is 23.9 Å². The van der Waals surface area contributed by atoms with Crippen molar-refractivity contribution in [1.29, 1.82) is 5.26 Å². The van der Waals surface area contributed by atoms with Gasteiger partial charge in [0.2, 0.25) is 0 Å². The van der Waals surface area contributed by atoms with Crippen molar-refractivity contribution in [2.45, 2.75) is 85.4 Å². The first-order valence-corrected chi connectivity index (χ1v) is 15.9. The molecule has 1 N–H and O–H groups in total. The summed E-state index contributed by atoms with van der Waals surface area (Å²) in [5.41, 5.74) is 3.92. The number of nitrogens with zero attached hydrogens (tertiary/aromatic N) is 1. The summed E-state index contributed by atoms with van der Waals surface area (Å²) in [6.07, 6.45) is 3.30. The third-order valence-electron chi connectivity index (χ3n) is 7.45. The average molecular weight is 666 g/mol. The van der Waals surface area contributed by atoms with Crippen LogP contribution in [0.4, 0.5) is 0 Å². The van der Waals surface area contributed by atoms with E-state index in [4.69, 9.17) is 18.9 Å². The van der Waals surface area contributed by atoms with Gasteiger partial charge in [-0.2, -0.15) is 5.26 Å². The summed E-state index contributed by atoms with van der Waals surface area (Å²) in [7, 11) is 0. The fourth-order valence-electron chi connectivity index (χ4n) is 5.76. The van der Waals surface area contributed by atoms with Gasteiger partial charge >= 0.3 is 5.97 Å². The minimum absolute atomic E-state index is 0.0885. The number of carbonyl (C=O) groups is 2. The van der Waals surface area contributed by atoms with Gasteiger partial charge in [-0.1, -0.05) is 25.5 Å². The van der Waals surface area contributed by atoms with Gasteiger partial charge in [-0.3, -0.25) is 4.79 Å². The molecule has 0 saturated heterocycles. The third-order valence-corrected chi connectivity index (χ3v) is 8.04. The summed E-state index contributed by atoms with van der Waals surface area (Å²) in [6, 6.07) is 13.5. The van der Waals surface area contributed by atoms with E-state index in [2.05, 4.69) is 34.2 Å². The largest absolute Gasteiger partial charge is 0.490 e. The number of benzene rings is 2. The Morgan fingerprint density at radius 1 is 1.11 bits per heavy atom. The standard InChI is InChI=1S/C35H41BrN2O6/c1-7-10-22-14-28-33(29(39)15-22)32(26(18-37)21(3)38-28)24-16-27(36)34(30(17-24)41-8-2)43-19-23-11-9-12-25(13-23)42-20-31(40)44-35(4,5)6/h9,11-13,16-17,22,32,38H,7-8,10,14-15,19-20H2,1-6H3. The SMILES string of the molecule is CCCC1CC(=O)C2=C(C1)NC(C)=C(C#N)C2c1cc(Br)c(OCc2cccc(OCC(=O)OC(C)(C)C)c2)c(OCC)c1. The third kappa shape index (κ3) is 8.03. The maximum absolute atomic E-state index is 13.5. The Balaban J connectivity index is 1.59. The van der Waals surface area contributed by atoms with Gasteiger partial charge in [0.1, 0.15) is 18.0 Å². The van der Waals surface area contributed by atoms with E-state index in [0.717, 1.165) is 41.8 Å². The van der Waals surface area contributed by atoms with Crippen molar-refractivity contribution in [2.75, 3.05) is 13.2 Å². The molecule has 0 bridgehead atoms. The van der Waals surface area contributed by atoms with Crippen LogP contribution in [-0.4, -0.2) is 30.6 Å². The highest BCUT2D eigenvalue weighted by molar-refractivity contribution is 9.10. The molecular weight excluding hydrogens is 624 g/mol. The number of ketones is 1. The molecule has 2 atom stereocenters. The number of dihydropyridines is 1. The van der Waals surface area contributed by atoms with Crippen molar-refractivity contribution >= 4 is 27.7 Å². The number of Topliss-reactive ketones (excluding diaryl/α,β-unsaturated/α-hetero) is 1. The molecule has 0 aromatic heterocycles. The van der Waals surface area contributed by atoms with Crippen molar-refractivity contribution in [1.82, 2.24) is 5.32 Å². The highest BCUT2D eigenvalue weighted by atomic mass is 79.9. The Bertz CT molecular complexity index is 1510. The smallest absolute Gasteiger partial charge is 0.344 e. The van der Waals surface area contributed by atoms with E-state index < -0.39 is 17.5 Å². The molecule has 2 unspecified atom stereocenters. The minimum Gasteiger partial charge on any atom is -0.490 e. The van der Waals surface area contributed by atoms with Gasteiger partial charge in [0, 0.05) is 23.4 Å². The lowest BCUT2D eigenvalue weighted by Gasteiger charge is -2.35. The molecule has 8 nitrogen and oxygen atoms in total. The number of esters is 1. The van der Waals surface area contributed by atoms with Gasteiger partial charge in [0.05, 0.1) is 28.6 Å². The molecule has 0 saturated carbocycles. The lowest BCUT2D eigenvalue weighted by molar-refractivity contribution is -0.157. The molecule has 2 aliphatic rings. The van der Waals surface area contributed by atoms with E-state index in [0.29, 0.717) is 51.8 Å². The number of carbonyl (C=O) groups excluding carboxylic acids is 2. The topological polar surface area (TPSA) is 107 Å². The molecule has 0 radical (unpaired) electrons. The first-order valence-electron chi connectivity index (χ1n) is 15.1. The predicted molar refractivity (Wildman–Crippen MR) is 171 cm³/mol. The molecule has 44 heavy (non-hydrogen) atoms. The lowest BCUT2D eigenvalue weighted by atomic mass is 9.72. The van der Waals surface area contributed by atoms with Crippen molar-refractivity contribution in [3.05, 3.63) is 74.5 Å². The normalized spacial score (nSPS) is 18.3. The van der Waals surface area contributed by atoms with Crippen molar-refractivity contribution < 1.29 is 28.5 Å². The monoisotopic (exact) mass is 664 g/mol. The fourth-order valence-corrected chi connectivity index (χ4v) is 6.34. The van der Waals surface area contributed by atoms with Gasteiger partial charge in [0.25, 0.3) is 0 Å². The summed E-state index contributed by atoms with van der Waals surface area (Å²) < 4.78 is 23.9. The Morgan fingerprint density at radius 3 is 2.57 bits per heavy atom. The highest BCUT2D eigenvalue weighted by Crippen LogP contribution is 2.47. The van der Waals surface area contributed by atoms with Gasteiger partial charge < -0.3 is 24.3 Å². The van der Waals surface area contributed by atoms with Gasteiger partial charge in [-0.15, -0.1) is 0 Å². The number of rotatable bonds is 11. The zero-order chi connectivity index (χ0) is 32.0. The number of hydrogen-bond donors (Lipinski definition) is 1. The van der Waals surface area contributed by atoms with E-state index in [1.165, 1.54) is 0 Å². The van der Waals surface area contributed by atoms with E-state index in [9.17, 15) is 14.9 Å². The van der Waals surface area contributed by atoms with Gasteiger partial charge in [-0.25, -0.2) is 4.79 Å². The summed E-state index contributed by atoms with van der Waals surface area (Å²) in [5, 5.41) is 13.6. The molecule has 2 aromatic carbocycles. The summed E-state index contributed by atoms with van der Waals surface area (Å²) in [4.78, 5) is 25.6. The number of nitriles is 1. The number of halogens is 1. The summed E-state index contributed by atoms with van der Waals surface area (Å²) in [5.74, 6) is 1.00. The van der Waals surface area contributed by atoms with Crippen LogP contribution in [0.15, 0.2) is 63.4 Å². The maximum Gasteiger partial charge on any atom is 0.344 e. The number of hydrogen-bond acceptors (Lipinski definition) is 8. The molecular formula is C35H41BrN2O6. The van der Waals surface area contributed by atoms with Crippen LogP contribution in [0.5, 0.6) is 17.2 Å². The van der Waals surface area contributed by atoms with E-state index in [1.54, 1.807) is 6.07 Å².